The summed E-state index contributed by atoms with van der Waals surface area (Å²) in [5.41, 5.74) is 0.687. The second kappa shape index (κ2) is 10.8. The lowest BCUT2D eigenvalue weighted by Gasteiger charge is -2.25. The van der Waals surface area contributed by atoms with Crippen molar-refractivity contribution in [1.82, 2.24) is 10.3 Å². The Morgan fingerprint density at radius 2 is 1.90 bits per heavy atom. The highest BCUT2D eigenvalue weighted by atomic mass is 32.2. The van der Waals surface area contributed by atoms with Crippen molar-refractivity contribution in [3.05, 3.63) is 35.9 Å². The number of hydrazone groups is 1. The number of nitrogens with one attached hydrogen (secondary N) is 1. The summed E-state index contributed by atoms with van der Waals surface area (Å²) in [5.74, 6) is -2.09. The Bertz CT molecular complexity index is 822. The fraction of sp³-hybridized carbons (Fsp3) is 0.545. The van der Waals surface area contributed by atoms with E-state index < -0.39 is 35.3 Å². The fourth-order valence-corrected chi connectivity index (χ4v) is 4.07. The maximum absolute atomic E-state index is 13.1. The van der Waals surface area contributed by atoms with Crippen LogP contribution in [-0.2, 0) is 25.5 Å². The van der Waals surface area contributed by atoms with E-state index in [4.69, 9.17) is 4.74 Å². The highest BCUT2D eigenvalue weighted by molar-refractivity contribution is 8.15. The van der Waals surface area contributed by atoms with E-state index in [0.717, 1.165) is 22.3 Å². The van der Waals surface area contributed by atoms with Crippen molar-refractivity contribution in [3.8, 4) is 0 Å². The van der Waals surface area contributed by atoms with Gasteiger partial charge in [-0.25, -0.2) is 9.80 Å². The van der Waals surface area contributed by atoms with Crippen LogP contribution in [0.3, 0.4) is 0 Å². The standard InChI is InChI=1S/C22H31N3O5S/c1-6-30-20(29)16(13-12-15-10-8-7-9-11-15)23-14(2)17(26)25-18(19(27)28)31-21(24-25)22(3,4)5/h7-11,14,16,18,23H,6,12-13H2,1-5H3,(H,27,28)/t14-,16-,18?/m0/s1. The van der Waals surface area contributed by atoms with E-state index in [-0.39, 0.29) is 12.0 Å². The number of hydrogen-bond acceptors (Lipinski definition) is 7. The summed E-state index contributed by atoms with van der Waals surface area (Å²) >= 11 is 1.06. The molecule has 1 amide bonds. The summed E-state index contributed by atoms with van der Waals surface area (Å²) in [6.07, 6.45) is 1.07. The zero-order valence-corrected chi connectivity index (χ0v) is 19.4. The number of hydrogen-bond donors (Lipinski definition) is 2. The molecule has 31 heavy (non-hydrogen) atoms. The molecular formula is C22H31N3O5S. The molecule has 0 bridgehead atoms. The van der Waals surface area contributed by atoms with Crippen LogP contribution in [0.25, 0.3) is 0 Å². The fourth-order valence-electron chi connectivity index (χ4n) is 3.02. The van der Waals surface area contributed by atoms with Crippen molar-refractivity contribution in [2.24, 2.45) is 10.5 Å². The van der Waals surface area contributed by atoms with E-state index in [1.165, 1.54) is 0 Å². The van der Waals surface area contributed by atoms with Crippen molar-refractivity contribution in [2.75, 3.05) is 6.61 Å². The van der Waals surface area contributed by atoms with E-state index in [9.17, 15) is 19.5 Å². The first-order valence-corrected chi connectivity index (χ1v) is 11.2. The van der Waals surface area contributed by atoms with Gasteiger partial charge in [-0.2, -0.15) is 5.10 Å². The smallest absolute Gasteiger partial charge is 0.339 e. The highest BCUT2D eigenvalue weighted by Gasteiger charge is 2.42. The Balaban J connectivity index is 2.13. The van der Waals surface area contributed by atoms with Gasteiger partial charge in [-0.1, -0.05) is 62.9 Å². The van der Waals surface area contributed by atoms with E-state index in [0.29, 0.717) is 17.9 Å². The Morgan fingerprint density at radius 1 is 1.26 bits per heavy atom. The average molecular weight is 450 g/mol. The summed E-state index contributed by atoms with van der Waals surface area (Å²) in [5, 5.41) is 17.3. The van der Waals surface area contributed by atoms with E-state index >= 15 is 0 Å². The second-order valence-electron chi connectivity index (χ2n) is 8.36. The molecular weight excluding hydrogens is 418 g/mol. The SMILES string of the molecule is CCOC(=O)[C@H](CCc1ccccc1)N[C@@H](C)C(=O)N1N=C(C(C)(C)C)SC1C(=O)O. The van der Waals surface area contributed by atoms with Crippen LogP contribution in [0.15, 0.2) is 35.4 Å². The minimum Gasteiger partial charge on any atom is -0.479 e. The normalized spacial score (nSPS) is 18.3. The molecule has 0 saturated carbocycles. The minimum absolute atomic E-state index is 0.230. The molecule has 2 rings (SSSR count). The molecule has 3 atom stereocenters. The molecule has 0 aliphatic carbocycles. The third-order valence-electron chi connectivity index (χ3n) is 4.68. The third kappa shape index (κ3) is 6.80. The van der Waals surface area contributed by atoms with Crippen LogP contribution in [0.5, 0.6) is 0 Å². The molecule has 0 spiro atoms. The van der Waals surface area contributed by atoms with Gasteiger partial charge >= 0.3 is 11.9 Å². The average Bonchev–Trinajstić information content (AvgIpc) is 3.17. The summed E-state index contributed by atoms with van der Waals surface area (Å²) in [7, 11) is 0. The van der Waals surface area contributed by atoms with Gasteiger partial charge in [0.15, 0.2) is 0 Å². The lowest BCUT2D eigenvalue weighted by Crippen LogP contribution is -2.52. The van der Waals surface area contributed by atoms with E-state index in [2.05, 4.69) is 10.4 Å². The van der Waals surface area contributed by atoms with Crippen molar-refractivity contribution < 1.29 is 24.2 Å². The number of rotatable bonds is 9. The van der Waals surface area contributed by atoms with Crippen LogP contribution in [0.4, 0.5) is 0 Å². The first-order chi connectivity index (χ1) is 14.5. The zero-order valence-electron chi connectivity index (χ0n) is 18.6. The van der Waals surface area contributed by atoms with Gasteiger partial charge in [0.25, 0.3) is 5.91 Å². The van der Waals surface area contributed by atoms with Crippen molar-refractivity contribution in [2.45, 2.75) is 64.9 Å². The van der Waals surface area contributed by atoms with E-state index in [1.807, 2.05) is 51.1 Å². The van der Waals surface area contributed by atoms with Crippen LogP contribution in [0.2, 0.25) is 0 Å². The highest BCUT2D eigenvalue weighted by Crippen LogP contribution is 2.35. The summed E-state index contributed by atoms with van der Waals surface area (Å²) < 4.78 is 5.17. The molecule has 0 radical (unpaired) electrons. The first kappa shape index (κ1) is 24.9. The number of thioether (sulfide) groups is 1. The number of carbonyl (C=O) groups is 3. The van der Waals surface area contributed by atoms with Gasteiger partial charge in [0.2, 0.25) is 5.37 Å². The van der Waals surface area contributed by atoms with Gasteiger partial charge in [0.05, 0.1) is 12.6 Å². The van der Waals surface area contributed by atoms with Crippen molar-refractivity contribution in [3.63, 3.8) is 0 Å². The molecule has 9 heteroatoms. The van der Waals surface area contributed by atoms with Gasteiger partial charge in [-0.15, -0.1) is 0 Å². The summed E-state index contributed by atoms with van der Waals surface area (Å²) in [4.78, 5) is 37.2. The lowest BCUT2D eigenvalue weighted by molar-refractivity contribution is -0.149. The Labute approximate surface area is 187 Å². The number of carboxylic acids is 1. The number of carboxylic acid groups (broad SMARTS) is 1. The molecule has 0 fully saturated rings. The maximum Gasteiger partial charge on any atom is 0.339 e. The molecule has 2 N–H and O–H groups in total. The summed E-state index contributed by atoms with van der Waals surface area (Å²) in [6.45, 7) is 9.29. The number of carbonyl (C=O) groups excluding carboxylic acids is 2. The van der Waals surface area contributed by atoms with Crippen LogP contribution >= 0.6 is 11.8 Å². The number of benzene rings is 1. The van der Waals surface area contributed by atoms with Crippen LogP contribution < -0.4 is 5.32 Å². The van der Waals surface area contributed by atoms with Crippen molar-refractivity contribution >= 4 is 34.7 Å². The molecule has 1 unspecified atom stereocenters. The molecule has 170 valence electrons. The van der Waals surface area contributed by atoms with Gasteiger partial charge < -0.3 is 9.84 Å². The molecule has 1 aliphatic rings. The number of aryl methyl sites for hydroxylation is 1. The Kier molecular flexibility index (Phi) is 8.64. The molecule has 0 saturated heterocycles. The topological polar surface area (TPSA) is 108 Å². The molecule has 0 aromatic heterocycles. The van der Waals surface area contributed by atoms with Crippen LogP contribution in [0.1, 0.15) is 46.6 Å². The number of nitrogens with zero attached hydrogens (tertiary/aromatic N) is 2. The Morgan fingerprint density at radius 3 is 2.45 bits per heavy atom. The largest absolute Gasteiger partial charge is 0.479 e. The molecule has 1 heterocycles. The van der Waals surface area contributed by atoms with Crippen molar-refractivity contribution in [1.29, 1.82) is 0 Å². The second-order valence-corrected chi connectivity index (χ2v) is 9.43. The van der Waals surface area contributed by atoms with Crippen LogP contribution in [-0.4, -0.2) is 57.1 Å². The predicted octanol–water partition coefficient (Wildman–Crippen LogP) is 2.87. The quantitative estimate of drug-likeness (QED) is 0.558. The Hall–Kier alpha value is -2.39. The van der Waals surface area contributed by atoms with Gasteiger partial charge in [0.1, 0.15) is 11.1 Å². The van der Waals surface area contributed by atoms with Crippen LogP contribution in [0, 0.1) is 5.41 Å². The zero-order chi connectivity index (χ0) is 23.2. The van der Waals surface area contributed by atoms with Gasteiger partial charge in [-0.05, 0) is 32.3 Å². The van der Waals surface area contributed by atoms with Gasteiger partial charge in [0, 0.05) is 5.41 Å². The number of ether oxygens (including phenoxy) is 1. The predicted molar refractivity (Wildman–Crippen MR) is 121 cm³/mol. The van der Waals surface area contributed by atoms with E-state index in [1.54, 1.807) is 13.8 Å². The molecule has 8 nitrogen and oxygen atoms in total. The maximum atomic E-state index is 13.1. The van der Waals surface area contributed by atoms with Gasteiger partial charge in [-0.3, -0.25) is 14.9 Å². The number of esters is 1. The molecule has 1 aromatic rings. The monoisotopic (exact) mass is 449 g/mol. The number of aliphatic carboxylic acids is 1. The first-order valence-electron chi connectivity index (χ1n) is 10.3. The molecule has 1 aromatic carbocycles. The molecule has 1 aliphatic heterocycles. The third-order valence-corrected chi connectivity index (χ3v) is 6.22. The minimum atomic E-state index is -1.14. The lowest BCUT2D eigenvalue weighted by atomic mass is 9.99. The summed E-state index contributed by atoms with van der Waals surface area (Å²) in [6, 6.07) is 8.19. The number of amides is 1.